The van der Waals surface area contributed by atoms with E-state index in [-0.39, 0.29) is 35.5 Å². The molecule has 6 aliphatic rings. The van der Waals surface area contributed by atoms with Gasteiger partial charge in [0.05, 0.1) is 31.4 Å². The maximum Gasteiger partial charge on any atom is 0.251 e. The van der Waals surface area contributed by atoms with Crippen LogP contribution in [0.3, 0.4) is 0 Å². The minimum absolute atomic E-state index is 0.0760. The number of guanidine groups is 1. The first-order valence-electron chi connectivity index (χ1n) is 16.7. The van der Waals surface area contributed by atoms with Gasteiger partial charge in [-0.3, -0.25) is 19.4 Å². The SMILES string of the molecule is COc1cc(C(=O)NC2CCC(N3CCOCC3)CC2)ccc1NC1=NC2C(C=N1)N(C)C(=O)C1(CC1)CN2C1CCCC1. The average Bonchev–Trinajstić information content (AvgIpc) is 3.67. The van der Waals surface area contributed by atoms with Crippen molar-refractivity contribution < 1.29 is 19.1 Å². The molecule has 2 N–H and O–H groups in total. The zero-order valence-electron chi connectivity index (χ0n) is 26.2. The van der Waals surface area contributed by atoms with Crippen LogP contribution in [0.1, 0.15) is 74.6 Å². The van der Waals surface area contributed by atoms with Crippen molar-refractivity contribution in [2.45, 2.75) is 94.5 Å². The van der Waals surface area contributed by atoms with Gasteiger partial charge in [0.2, 0.25) is 11.9 Å². The first-order valence-corrected chi connectivity index (χ1v) is 16.7. The van der Waals surface area contributed by atoms with E-state index in [1.807, 2.05) is 30.3 Å². The van der Waals surface area contributed by atoms with Gasteiger partial charge in [-0.2, -0.15) is 0 Å². The molecule has 2 amide bonds. The number of nitrogens with one attached hydrogen (secondary N) is 2. The van der Waals surface area contributed by atoms with Gasteiger partial charge in [-0.1, -0.05) is 12.8 Å². The third-order valence-corrected chi connectivity index (χ3v) is 10.9. The molecule has 2 unspecified atom stereocenters. The van der Waals surface area contributed by atoms with Crippen LogP contribution in [0.25, 0.3) is 0 Å². The fraction of sp³-hybridized carbons (Fsp3) is 0.697. The van der Waals surface area contributed by atoms with E-state index >= 15 is 0 Å². The molecule has 0 radical (unpaired) electrons. The van der Waals surface area contributed by atoms with Crippen LogP contribution in [0.2, 0.25) is 0 Å². The molecule has 1 aromatic rings. The average molecular weight is 606 g/mol. The third kappa shape index (κ3) is 5.86. The number of nitrogens with zero attached hydrogens (tertiary/aromatic N) is 5. The van der Waals surface area contributed by atoms with E-state index in [9.17, 15) is 9.59 Å². The lowest BCUT2D eigenvalue weighted by atomic mass is 9.89. The molecule has 2 saturated heterocycles. The molecule has 7 rings (SSSR count). The Kier molecular flexibility index (Phi) is 8.37. The Morgan fingerprint density at radius 3 is 2.50 bits per heavy atom. The number of benzene rings is 1. The monoisotopic (exact) mass is 605 g/mol. The van der Waals surface area contributed by atoms with Gasteiger partial charge in [-0.25, -0.2) is 9.98 Å². The number of ether oxygens (including phenoxy) is 2. The third-order valence-electron chi connectivity index (χ3n) is 10.9. The number of likely N-dealkylation sites (N-methyl/N-ethyl adjacent to an activating group) is 1. The van der Waals surface area contributed by atoms with Crippen LogP contribution in [-0.4, -0.2) is 116 Å². The van der Waals surface area contributed by atoms with Crippen LogP contribution in [0.5, 0.6) is 5.75 Å². The number of methoxy groups -OCH3 is 1. The number of hydrogen-bond donors (Lipinski definition) is 2. The lowest BCUT2D eigenvalue weighted by Crippen LogP contribution is -2.53. The van der Waals surface area contributed by atoms with E-state index in [0.717, 1.165) is 84.2 Å². The predicted molar refractivity (Wildman–Crippen MR) is 169 cm³/mol. The normalized spacial score (nSPS) is 30.9. The quantitative estimate of drug-likeness (QED) is 0.513. The molecule has 3 heterocycles. The molecule has 3 saturated carbocycles. The van der Waals surface area contributed by atoms with Gasteiger partial charge in [-0.05, 0) is 69.6 Å². The highest BCUT2D eigenvalue weighted by Crippen LogP contribution is 2.51. The van der Waals surface area contributed by atoms with Gasteiger partial charge >= 0.3 is 0 Å². The summed E-state index contributed by atoms with van der Waals surface area (Å²) >= 11 is 0. The number of carbonyl (C=O) groups excluding carboxylic acids is 2. The minimum atomic E-state index is -0.257. The Labute approximate surface area is 260 Å². The second-order valence-corrected chi connectivity index (χ2v) is 13.6. The molecule has 2 atom stereocenters. The van der Waals surface area contributed by atoms with Crippen molar-refractivity contribution in [1.29, 1.82) is 0 Å². The summed E-state index contributed by atoms with van der Waals surface area (Å²) in [5.74, 6) is 1.21. The summed E-state index contributed by atoms with van der Waals surface area (Å²) in [6.07, 6.45) is 12.6. The van der Waals surface area contributed by atoms with Crippen molar-refractivity contribution in [1.82, 2.24) is 20.0 Å². The highest BCUT2D eigenvalue weighted by molar-refractivity contribution is 6.03. The summed E-state index contributed by atoms with van der Waals surface area (Å²) in [5, 5.41) is 6.62. The summed E-state index contributed by atoms with van der Waals surface area (Å²) in [7, 11) is 3.51. The van der Waals surface area contributed by atoms with Crippen LogP contribution in [-0.2, 0) is 9.53 Å². The largest absolute Gasteiger partial charge is 0.495 e. The number of amides is 2. The zero-order chi connectivity index (χ0) is 30.3. The Hall–Kier alpha value is -3.02. The van der Waals surface area contributed by atoms with Gasteiger partial charge in [-0.15, -0.1) is 0 Å². The minimum Gasteiger partial charge on any atom is -0.495 e. The molecule has 3 aliphatic heterocycles. The highest BCUT2D eigenvalue weighted by Gasteiger charge is 2.58. The van der Waals surface area contributed by atoms with E-state index in [2.05, 4.69) is 25.4 Å². The molecule has 1 spiro atoms. The summed E-state index contributed by atoms with van der Waals surface area (Å²) in [6.45, 7) is 4.44. The zero-order valence-corrected chi connectivity index (χ0v) is 26.2. The van der Waals surface area contributed by atoms with Crippen molar-refractivity contribution in [3.8, 4) is 5.75 Å². The maximum atomic E-state index is 13.4. The molecule has 11 heteroatoms. The van der Waals surface area contributed by atoms with Crippen molar-refractivity contribution >= 4 is 29.7 Å². The number of carbonyl (C=O) groups is 2. The second kappa shape index (κ2) is 12.4. The number of anilines is 1. The van der Waals surface area contributed by atoms with Crippen molar-refractivity contribution in [3.63, 3.8) is 0 Å². The molecule has 44 heavy (non-hydrogen) atoms. The van der Waals surface area contributed by atoms with Gasteiger partial charge in [0, 0.05) is 56.6 Å². The van der Waals surface area contributed by atoms with E-state index in [1.54, 1.807) is 13.2 Å². The standard InChI is InChI=1S/C33H47N7O4/c1-38-27-20-34-32(37-29(27)40(25-5-3-4-6-25)21-33(13-14-33)31(38)42)36-26-12-7-22(19-28(26)43-2)30(41)35-23-8-10-24(11-9-23)39-15-17-44-18-16-39/h7,12,19-20,23-25,27,29H,3-6,8-11,13-18,21H2,1-2H3,(H,35,41)(H,36,37). The molecule has 3 aliphatic carbocycles. The second-order valence-electron chi connectivity index (χ2n) is 13.6. The van der Waals surface area contributed by atoms with Crippen molar-refractivity contribution in [3.05, 3.63) is 23.8 Å². The summed E-state index contributed by atoms with van der Waals surface area (Å²) in [5.41, 5.74) is 1.02. The molecular formula is C33H47N7O4. The summed E-state index contributed by atoms with van der Waals surface area (Å²) in [4.78, 5) is 43.3. The molecular weight excluding hydrogens is 558 g/mol. The molecule has 238 valence electrons. The maximum absolute atomic E-state index is 13.4. The number of morpholine rings is 1. The van der Waals surface area contributed by atoms with Gasteiger partial charge < -0.3 is 25.0 Å². The molecule has 0 bridgehead atoms. The van der Waals surface area contributed by atoms with E-state index in [4.69, 9.17) is 14.5 Å². The van der Waals surface area contributed by atoms with Crippen LogP contribution >= 0.6 is 0 Å². The Morgan fingerprint density at radius 1 is 1.05 bits per heavy atom. The topological polar surface area (TPSA) is 111 Å². The predicted octanol–water partition coefficient (Wildman–Crippen LogP) is 3.11. The Morgan fingerprint density at radius 2 is 1.80 bits per heavy atom. The Bertz CT molecular complexity index is 1290. The highest BCUT2D eigenvalue weighted by atomic mass is 16.5. The summed E-state index contributed by atoms with van der Waals surface area (Å²) < 4.78 is 11.2. The molecule has 5 fully saturated rings. The van der Waals surface area contributed by atoms with Gasteiger partial charge in [0.1, 0.15) is 18.0 Å². The number of fused-ring (bicyclic) bond motifs is 1. The van der Waals surface area contributed by atoms with E-state index < -0.39 is 0 Å². The van der Waals surface area contributed by atoms with Crippen LogP contribution in [0, 0.1) is 5.41 Å². The smallest absolute Gasteiger partial charge is 0.251 e. The Balaban J connectivity index is 1.02. The first kappa shape index (κ1) is 29.7. The number of aliphatic imine (C=N–C) groups is 2. The van der Waals surface area contributed by atoms with E-state index in [0.29, 0.717) is 35.0 Å². The van der Waals surface area contributed by atoms with Crippen molar-refractivity contribution in [2.24, 2.45) is 15.4 Å². The fourth-order valence-electron chi connectivity index (χ4n) is 8.07. The number of rotatable bonds is 6. The summed E-state index contributed by atoms with van der Waals surface area (Å²) in [6, 6.07) is 6.51. The van der Waals surface area contributed by atoms with Gasteiger partial charge in [0.25, 0.3) is 5.91 Å². The first-order chi connectivity index (χ1) is 21.4. The van der Waals surface area contributed by atoms with Crippen molar-refractivity contribution in [2.75, 3.05) is 52.3 Å². The fourth-order valence-corrected chi connectivity index (χ4v) is 8.07. The van der Waals surface area contributed by atoms with Crippen LogP contribution < -0.4 is 15.4 Å². The van der Waals surface area contributed by atoms with Crippen LogP contribution in [0.15, 0.2) is 28.2 Å². The van der Waals surface area contributed by atoms with Crippen LogP contribution in [0.4, 0.5) is 5.69 Å². The van der Waals surface area contributed by atoms with E-state index in [1.165, 1.54) is 12.8 Å². The number of hydrogen-bond acceptors (Lipinski definition) is 9. The van der Waals surface area contributed by atoms with Gasteiger partial charge in [0.15, 0.2) is 0 Å². The molecule has 0 aromatic heterocycles. The lowest BCUT2D eigenvalue weighted by Gasteiger charge is -2.38. The molecule has 11 nitrogen and oxygen atoms in total. The molecule has 1 aromatic carbocycles. The lowest BCUT2D eigenvalue weighted by molar-refractivity contribution is -0.135.